The lowest BCUT2D eigenvalue weighted by atomic mass is 9.99. The third-order valence-electron chi connectivity index (χ3n) is 5.41. The van der Waals surface area contributed by atoms with E-state index < -0.39 is 72.6 Å². The molecule has 180 valence electrons. The molecule has 0 aliphatic carbocycles. The smallest absolute Gasteiger partial charge is 0.326 e. The summed E-state index contributed by atoms with van der Waals surface area (Å²) in [7, 11) is 0. The third-order valence-corrected chi connectivity index (χ3v) is 5.41. The van der Waals surface area contributed by atoms with Gasteiger partial charge in [-0.05, 0) is 18.8 Å². The average Bonchev–Trinajstić information content (AvgIpc) is 3.20. The molecule has 1 rings (SSSR count). The minimum Gasteiger partial charge on any atom is -0.481 e. The van der Waals surface area contributed by atoms with Crippen molar-refractivity contribution in [2.24, 2.45) is 17.4 Å². The maximum atomic E-state index is 13.1. The Kier molecular flexibility index (Phi) is 10.0. The highest BCUT2D eigenvalue weighted by atomic mass is 16.4. The Balaban J connectivity index is 2.99. The summed E-state index contributed by atoms with van der Waals surface area (Å²) in [6.07, 6.45) is -0.141. The molecule has 1 heterocycles. The molecule has 0 aromatic rings. The van der Waals surface area contributed by atoms with Crippen LogP contribution in [0.3, 0.4) is 0 Å². The first kappa shape index (κ1) is 26.8. The summed E-state index contributed by atoms with van der Waals surface area (Å²) in [5.74, 6) is -6.22. The average molecular weight is 457 g/mol. The molecule has 13 nitrogen and oxygen atoms in total. The number of carbonyl (C=O) groups excluding carboxylic acids is 4. The molecule has 1 fully saturated rings. The van der Waals surface area contributed by atoms with Gasteiger partial charge in [-0.1, -0.05) is 20.3 Å². The van der Waals surface area contributed by atoms with Crippen LogP contribution in [0.2, 0.25) is 0 Å². The van der Waals surface area contributed by atoms with E-state index >= 15 is 0 Å². The first-order chi connectivity index (χ1) is 14.9. The van der Waals surface area contributed by atoms with Crippen molar-refractivity contribution >= 4 is 35.6 Å². The van der Waals surface area contributed by atoms with Crippen LogP contribution in [-0.2, 0) is 28.8 Å². The normalized spacial score (nSPS) is 19.3. The van der Waals surface area contributed by atoms with Crippen LogP contribution in [-0.4, -0.2) is 81.4 Å². The number of carbonyl (C=O) groups is 6. The minimum atomic E-state index is -1.67. The summed E-state index contributed by atoms with van der Waals surface area (Å²) in [6.45, 7) is 3.72. The lowest BCUT2D eigenvalue weighted by Gasteiger charge is -2.30. The van der Waals surface area contributed by atoms with Crippen LogP contribution in [0, 0.1) is 5.92 Å². The van der Waals surface area contributed by atoms with Crippen LogP contribution >= 0.6 is 0 Å². The summed E-state index contributed by atoms with van der Waals surface area (Å²) in [6, 6.07) is -5.04. The number of rotatable bonds is 12. The number of likely N-dealkylation sites (tertiary alicyclic amines) is 1. The fourth-order valence-electron chi connectivity index (χ4n) is 3.33. The van der Waals surface area contributed by atoms with Crippen molar-refractivity contribution in [2.75, 3.05) is 6.54 Å². The molecular formula is C19H31N5O8. The quantitative estimate of drug-likeness (QED) is 0.186. The molecule has 32 heavy (non-hydrogen) atoms. The highest BCUT2D eigenvalue weighted by molar-refractivity contribution is 5.96. The fraction of sp³-hybridized carbons (Fsp3) is 0.684. The van der Waals surface area contributed by atoms with Crippen molar-refractivity contribution < 1.29 is 39.0 Å². The topological polar surface area (TPSA) is 222 Å². The van der Waals surface area contributed by atoms with Crippen molar-refractivity contribution in [3.8, 4) is 0 Å². The van der Waals surface area contributed by atoms with Crippen molar-refractivity contribution in [3.63, 3.8) is 0 Å². The molecule has 0 bridgehead atoms. The van der Waals surface area contributed by atoms with Crippen molar-refractivity contribution in [3.05, 3.63) is 0 Å². The zero-order valence-corrected chi connectivity index (χ0v) is 18.1. The van der Waals surface area contributed by atoms with Gasteiger partial charge in [0.25, 0.3) is 0 Å². The number of hydrogen-bond donors (Lipinski definition) is 6. The van der Waals surface area contributed by atoms with Gasteiger partial charge in [0.05, 0.1) is 18.9 Å². The second-order valence-electron chi connectivity index (χ2n) is 7.83. The van der Waals surface area contributed by atoms with Gasteiger partial charge < -0.3 is 37.2 Å². The molecule has 5 atom stereocenters. The summed E-state index contributed by atoms with van der Waals surface area (Å²) < 4.78 is 0. The molecule has 1 aliphatic heterocycles. The lowest BCUT2D eigenvalue weighted by molar-refractivity contribution is -0.148. The number of carboxylic acid groups (broad SMARTS) is 2. The van der Waals surface area contributed by atoms with Gasteiger partial charge in [0.1, 0.15) is 18.1 Å². The van der Waals surface area contributed by atoms with Crippen molar-refractivity contribution in [2.45, 2.75) is 70.1 Å². The number of nitrogens with one attached hydrogen (secondary N) is 2. The van der Waals surface area contributed by atoms with Crippen LogP contribution in [0.25, 0.3) is 0 Å². The number of nitrogens with zero attached hydrogens (tertiary/aromatic N) is 1. The lowest BCUT2D eigenvalue weighted by Crippen LogP contribution is -2.58. The summed E-state index contributed by atoms with van der Waals surface area (Å²) in [4.78, 5) is 72.8. The van der Waals surface area contributed by atoms with Crippen LogP contribution in [0.15, 0.2) is 0 Å². The monoisotopic (exact) mass is 457 g/mol. The highest BCUT2D eigenvalue weighted by Gasteiger charge is 2.40. The molecule has 1 aliphatic rings. The predicted octanol–water partition coefficient (Wildman–Crippen LogP) is -2.24. The molecule has 5 unspecified atom stereocenters. The molecular weight excluding hydrogens is 426 g/mol. The Bertz CT molecular complexity index is 758. The largest absolute Gasteiger partial charge is 0.481 e. The summed E-state index contributed by atoms with van der Waals surface area (Å²) in [5, 5.41) is 22.5. The van der Waals surface area contributed by atoms with E-state index in [1.54, 1.807) is 6.92 Å². The van der Waals surface area contributed by atoms with Crippen LogP contribution in [0.4, 0.5) is 0 Å². The Morgan fingerprint density at radius 1 is 1.06 bits per heavy atom. The molecule has 8 N–H and O–H groups in total. The van der Waals surface area contributed by atoms with E-state index in [4.69, 9.17) is 21.7 Å². The Morgan fingerprint density at radius 3 is 2.19 bits per heavy atom. The summed E-state index contributed by atoms with van der Waals surface area (Å²) in [5.41, 5.74) is 11.1. The molecule has 0 saturated carbocycles. The molecule has 1 saturated heterocycles. The second kappa shape index (κ2) is 12.0. The Hall–Kier alpha value is -3.22. The number of hydrogen-bond acceptors (Lipinski definition) is 7. The number of primary amides is 1. The SMILES string of the molecule is CCC(C)C(N)C(=O)NC(CC(N)=O)C(=O)N1CCCC1C(=O)NC(CC(=O)O)C(=O)O. The molecule has 0 spiro atoms. The van der Waals surface area contributed by atoms with Crippen LogP contribution < -0.4 is 22.1 Å². The number of aliphatic carboxylic acids is 2. The first-order valence-corrected chi connectivity index (χ1v) is 10.3. The van der Waals surface area contributed by atoms with E-state index in [-0.39, 0.29) is 18.9 Å². The Morgan fingerprint density at radius 2 is 1.69 bits per heavy atom. The van der Waals surface area contributed by atoms with Gasteiger partial charge in [0, 0.05) is 6.54 Å². The van der Waals surface area contributed by atoms with E-state index in [0.717, 1.165) is 4.90 Å². The second-order valence-corrected chi connectivity index (χ2v) is 7.83. The minimum absolute atomic E-state index is 0.121. The maximum absolute atomic E-state index is 13.1. The van der Waals surface area contributed by atoms with E-state index in [2.05, 4.69) is 10.6 Å². The Labute approximate surface area is 184 Å². The third kappa shape index (κ3) is 7.48. The van der Waals surface area contributed by atoms with Gasteiger partial charge in [-0.15, -0.1) is 0 Å². The molecule has 0 aromatic carbocycles. The van der Waals surface area contributed by atoms with Gasteiger partial charge in [-0.2, -0.15) is 0 Å². The van der Waals surface area contributed by atoms with E-state index in [9.17, 15) is 28.8 Å². The zero-order chi connectivity index (χ0) is 24.6. The zero-order valence-electron chi connectivity index (χ0n) is 18.1. The van der Waals surface area contributed by atoms with Crippen LogP contribution in [0.5, 0.6) is 0 Å². The fourth-order valence-corrected chi connectivity index (χ4v) is 3.33. The highest BCUT2D eigenvalue weighted by Crippen LogP contribution is 2.20. The van der Waals surface area contributed by atoms with Gasteiger partial charge >= 0.3 is 11.9 Å². The van der Waals surface area contributed by atoms with E-state index in [1.807, 2.05) is 6.92 Å². The molecule has 0 aromatic heterocycles. The summed E-state index contributed by atoms with van der Waals surface area (Å²) >= 11 is 0. The van der Waals surface area contributed by atoms with E-state index in [0.29, 0.717) is 12.8 Å². The van der Waals surface area contributed by atoms with Crippen LogP contribution in [0.1, 0.15) is 46.0 Å². The van der Waals surface area contributed by atoms with Crippen molar-refractivity contribution in [1.82, 2.24) is 15.5 Å². The molecule has 0 radical (unpaired) electrons. The van der Waals surface area contributed by atoms with Crippen molar-refractivity contribution in [1.29, 1.82) is 0 Å². The predicted molar refractivity (Wildman–Crippen MR) is 110 cm³/mol. The van der Waals surface area contributed by atoms with E-state index in [1.165, 1.54) is 0 Å². The molecule has 13 heteroatoms. The standard InChI is InChI=1S/C19H31N5O8/c1-3-9(2)15(21)17(29)22-10(7-13(20)25)18(30)24-6-4-5-12(24)16(28)23-11(19(31)32)8-14(26)27/h9-12,15H,3-8,21H2,1-2H3,(H2,20,25)(H,22,29)(H,23,28)(H,26,27)(H,31,32). The van der Waals surface area contributed by atoms with Gasteiger partial charge in [0.2, 0.25) is 23.6 Å². The number of amides is 4. The number of carboxylic acids is 2. The first-order valence-electron chi connectivity index (χ1n) is 10.3. The molecule has 4 amide bonds. The maximum Gasteiger partial charge on any atom is 0.326 e. The van der Waals surface area contributed by atoms with Gasteiger partial charge in [0.15, 0.2) is 0 Å². The number of nitrogens with two attached hydrogens (primary N) is 2. The van der Waals surface area contributed by atoms with Gasteiger partial charge in [-0.25, -0.2) is 4.79 Å². The van der Waals surface area contributed by atoms with Gasteiger partial charge in [-0.3, -0.25) is 24.0 Å².